The molecule has 4 heteroatoms. The third-order valence-corrected chi connectivity index (χ3v) is 4.52. The lowest BCUT2D eigenvalue weighted by molar-refractivity contribution is 0.253. The summed E-state index contributed by atoms with van der Waals surface area (Å²) in [4.78, 5) is 14.8. The summed E-state index contributed by atoms with van der Waals surface area (Å²) in [5.41, 5.74) is 4.10. The van der Waals surface area contributed by atoms with Crippen LogP contribution in [0.1, 0.15) is 12.8 Å². The largest absolute Gasteiger partial charge is 0.326 e. The van der Waals surface area contributed by atoms with E-state index in [1.807, 2.05) is 35.2 Å². The molecule has 2 aliphatic heterocycles. The number of nitrogens with zero attached hydrogens (tertiary/aromatic N) is 1. The number of urea groups is 1. The summed E-state index contributed by atoms with van der Waals surface area (Å²) in [6.45, 7) is 1.92. The number of hydrogen-bond acceptors (Lipinski definition) is 2. The fourth-order valence-corrected chi connectivity index (χ4v) is 3.45. The zero-order valence-electron chi connectivity index (χ0n) is 12.4. The molecule has 2 aliphatic rings. The second-order valence-electron chi connectivity index (χ2n) is 5.84. The summed E-state index contributed by atoms with van der Waals surface area (Å²) in [7, 11) is 0. The Morgan fingerprint density at radius 2 is 1.59 bits per heavy atom. The van der Waals surface area contributed by atoms with Crippen molar-refractivity contribution in [3.8, 4) is 11.1 Å². The van der Waals surface area contributed by atoms with Crippen molar-refractivity contribution in [2.75, 3.05) is 23.3 Å². The molecule has 1 saturated heterocycles. The molecular formula is C18H19N3O. The number of rotatable bonds is 1. The van der Waals surface area contributed by atoms with Gasteiger partial charge in [-0.25, -0.2) is 4.79 Å². The molecule has 0 radical (unpaired) electrons. The van der Waals surface area contributed by atoms with Gasteiger partial charge in [0.25, 0.3) is 0 Å². The molecule has 0 aliphatic carbocycles. The monoisotopic (exact) mass is 293 g/mol. The normalized spacial score (nSPS) is 18.2. The third kappa shape index (κ3) is 2.16. The molecule has 0 saturated carbocycles. The van der Waals surface area contributed by atoms with Gasteiger partial charge in [0, 0.05) is 17.2 Å². The van der Waals surface area contributed by atoms with Crippen molar-refractivity contribution in [1.82, 2.24) is 5.32 Å². The molecule has 2 heterocycles. The minimum atomic E-state index is -0.0238. The van der Waals surface area contributed by atoms with Crippen molar-refractivity contribution in [2.45, 2.75) is 18.9 Å². The van der Waals surface area contributed by atoms with Gasteiger partial charge in [0.1, 0.15) is 0 Å². The molecule has 2 N–H and O–H groups in total. The Labute approximate surface area is 130 Å². The van der Waals surface area contributed by atoms with Crippen LogP contribution in [0, 0.1) is 0 Å². The topological polar surface area (TPSA) is 44.4 Å². The van der Waals surface area contributed by atoms with Gasteiger partial charge in [0.05, 0.1) is 11.4 Å². The number of carbonyl (C=O) groups is 1. The van der Waals surface area contributed by atoms with Crippen molar-refractivity contribution in [3.63, 3.8) is 0 Å². The van der Waals surface area contributed by atoms with Crippen LogP contribution in [0.2, 0.25) is 0 Å². The molecule has 0 spiro atoms. The number of piperidine rings is 1. The highest BCUT2D eigenvalue weighted by atomic mass is 16.2. The van der Waals surface area contributed by atoms with E-state index in [1.165, 1.54) is 0 Å². The minimum Gasteiger partial charge on any atom is -0.317 e. The molecule has 2 aromatic rings. The predicted molar refractivity (Wildman–Crippen MR) is 89.3 cm³/mol. The Morgan fingerprint density at radius 1 is 0.909 bits per heavy atom. The lowest BCUT2D eigenvalue weighted by Crippen LogP contribution is -2.47. The van der Waals surface area contributed by atoms with Crippen LogP contribution in [0.4, 0.5) is 16.2 Å². The van der Waals surface area contributed by atoms with E-state index in [-0.39, 0.29) is 12.1 Å². The van der Waals surface area contributed by atoms with Gasteiger partial charge in [-0.05, 0) is 38.1 Å². The highest BCUT2D eigenvalue weighted by molar-refractivity contribution is 6.10. The van der Waals surface area contributed by atoms with Gasteiger partial charge in [-0.2, -0.15) is 0 Å². The average Bonchev–Trinajstić information content (AvgIpc) is 2.69. The van der Waals surface area contributed by atoms with E-state index in [4.69, 9.17) is 0 Å². The summed E-state index contributed by atoms with van der Waals surface area (Å²) in [6, 6.07) is 16.4. The molecule has 1 fully saturated rings. The summed E-state index contributed by atoms with van der Waals surface area (Å²) < 4.78 is 0. The van der Waals surface area contributed by atoms with Gasteiger partial charge in [-0.15, -0.1) is 0 Å². The van der Waals surface area contributed by atoms with Crippen LogP contribution in [-0.2, 0) is 0 Å². The van der Waals surface area contributed by atoms with Crippen molar-refractivity contribution in [2.24, 2.45) is 0 Å². The zero-order chi connectivity index (χ0) is 14.9. The van der Waals surface area contributed by atoms with Gasteiger partial charge >= 0.3 is 6.03 Å². The molecule has 0 unspecified atom stereocenters. The summed E-state index contributed by atoms with van der Waals surface area (Å²) in [6.07, 6.45) is 1.97. The number of benzene rings is 2. The highest BCUT2D eigenvalue weighted by Crippen LogP contribution is 2.39. The zero-order valence-corrected chi connectivity index (χ0v) is 12.4. The van der Waals surface area contributed by atoms with Crippen LogP contribution < -0.4 is 15.5 Å². The van der Waals surface area contributed by atoms with E-state index in [9.17, 15) is 4.79 Å². The average molecular weight is 293 g/mol. The molecular weight excluding hydrogens is 274 g/mol. The van der Waals surface area contributed by atoms with E-state index in [0.29, 0.717) is 0 Å². The third-order valence-electron chi connectivity index (χ3n) is 4.52. The van der Waals surface area contributed by atoms with E-state index >= 15 is 0 Å². The first kappa shape index (κ1) is 13.3. The second-order valence-corrected chi connectivity index (χ2v) is 5.84. The Kier molecular flexibility index (Phi) is 3.31. The number of fused-ring (bicyclic) bond motifs is 3. The van der Waals surface area contributed by atoms with Gasteiger partial charge in [0.15, 0.2) is 0 Å². The van der Waals surface area contributed by atoms with Gasteiger partial charge in [-0.1, -0.05) is 36.4 Å². The van der Waals surface area contributed by atoms with Crippen molar-refractivity contribution < 1.29 is 4.79 Å². The first-order chi connectivity index (χ1) is 10.8. The number of carbonyl (C=O) groups excluding carboxylic acids is 1. The fraction of sp³-hybridized carbons (Fsp3) is 0.278. The highest BCUT2D eigenvalue weighted by Gasteiger charge is 2.31. The van der Waals surface area contributed by atoms with Crippen molar-refractivity contribution >= 4 is 17.4 Å². The molecule has 2 aromatic carbocycles. The molecule has 112 valence electrons. The maximum Gasteiger partial charge on any atom is 0.326 e. The van der Waals surface area contributed by atoms with Crippen molar-refractivity contribution in [1.29, 1.82) is 0 Å². The Balaban J connectivity index is 1.86. The molecule has 0 aromatic heterocycles. The predicted octanol–water partition coefficient (Wildman–Crippen LogP) is 3.46. The van der Waals surface area contributed by atoms with Gasteiger partial charge in [-0.3, -0.25) is 4.90 Å². The summed E-state index contributed by atoms with van der Waals surface area (Å²) >= 11 is 0. The second kappa shape index (κ2) is 5.46. The molecule has 4 rings (SSSR count). The lowest BCUT2D eigenvalue weighted by atomic mass is 9.99. The summed E-state index contributed by atoms with van der Waals surface area (Å²) in [5.74, 6) is 0. The standard InChI is InChI=1S/C18H19N3O/c22-18-20-16-7-3-1-5-14(16)15-6-2-4-8-17(15)21(18)13-9-11-19-12-10-13/h1-8,13,19H,9-12H2,(H,20,22). The van der Waals surface area contributed by atoms with E-state index < -0.39 is 0 Å². The smallest absolute Gasteiger partial charge is 0.317 e. The maximum atomic E-state index is 12.8. The van der Waals surface area contributed by atoms with Crippen LogP contribution in [-0.4, -0.2) is 25.2 Å². The summed E-state index contributed by atoms with van der Waals surface area (Å²) in [5, 5.41) is 6.45. The van der Waals surface area contributed by atoms with E-state index in [1.54, 1.807) is 0 Å². The SMILES string of the molecule is O=C1Nc2ccccc2-c2ccccc2N1C1CCNCC1. The number of amides is 2. The van der Waals surface area contributed by atoms with Crippen LogP contribution in [0.15, 0.2) is 48.5 Å². The van der Waals surface area contributed by atoms with Crippen LogP contribution in [0.5, 0.6) is 0 Å². The molecule has 0 bridgehead atoms. The van der Waals surface area contributed by atoms with Crippen molar-refractivity contribution in [3.05, 3.63) is 48.5 Å². The van der Waals surface area contributed by atoms with Crippen LogP contribution >= 0.6 is 0 Å². The Bertz CT molecular complexity index is 707. The Hall–Kier alpha value is -2.33. The van der Waals surface area contributed by atoms with Gasteiger partial charge < -0.3 is 10.6 Å². The Morgan fingerprint density at radius 3 is 2.41 bits per heavy atom. The number of anilines is 2. The number of hydrogen-bond donors (Lipinski definition) is 2. The van der Waals surface area contributed by atoms with Crippen LogP contribution in [0.3, 0.4) is 0 Å². The first-order valence-electron chi connectivity index (χ1n) is 7.84. The molecule has 22 heavy (non-hydrogen) atoms. The van der Waals surface area contributed by atoms with E-state index in [0.717, 1.165) is 48.4 Å². The minimum absolute atomic E-state index is 0.0238. The van der Waals surface area contributed by atoms with E-state index in [2.05, 4.69) is 28.8 Å². The lowest BCUT2D eigenvalue weighted by Gasteiger charge is -2.34. The quantitative estimate of drug-likeness (QED) is 0.845. The first-order valence-corrected chi connectivity index (χ1v) is 7.84. The molecule has 0 atom stereocenters. The van der Waals surface area contributed by atoms with Gasteiger partial charge in [0.2, 0.25) is 0 Å². The maximum absolute atomic E-state index is 12.8. The number of nitrogens with one attached hydrogen (secondary N) is 2. The fourth-order valence-electron chi connectivity index (χ4n) is 3.45. The molecule has 4 nitrogen and oxygen atoms in total. The van der Waals surface area contributed by atoms with Crippen LogP contribution in [0.25, 0.3) is 11.1 Å². The molecule has 2 amide bonds. The number of para-hydroxylation sites is 2.